The lowest BCUT2D eigenvalue weighted by Gasteiger charge is -2.21. The van der Waals surface area contributed by atoms with Crippen molar-refractivity contribution >= 4 is 28.9 Å². The van der Waals surface area contributed by atoms with Crippen LogP contribution < -0.4 is 20.3 Å². The van der Waals surface area contributed by atoms with Crippen molar-refractivity contribution in [1.82, 2.24) is 0 Å². The van der Waals surface area contributed by atoms with Crippen LogP contribution in [0.3, 0.4) is 0 Å². The van der Waals surface area contributed by atoms with E-state index in [0.29, 0.717) is 43.4 Å². The number of hydrogen-bond acceptors (Lipinski definition) is 5. The van der Waals surface area contributed by atoms with Crippen LogP contribution in [0.5, 0.6) is 5.75 Å². The van der Waals surface area contributed by atoms with Gasteiger partial charge in [-0.3, -0.25) is 9.59 Å². The van der Waals surface area contributed by atoms with Crippen LogP contribution in [0.2, 0.25) is 0 Å². The highest BCUT2D eigenvalue weighted by molar-refractivity contribution is 6.06. The standard InChI is InChI=1S/C27H31N3O4/c1-3-30(23-10-6-5-7-11-23)27(32)21-14-16-22(17-15-21)28-20-26(31)29-24-12-8-9-13-25(24)34-19-18-33-4-2/h5-17,28H,3-4,18-20H2,1-2H3,(H,29,31). The van der Waals surface area contributed by atoms with Gasteiger partial charge < -0.3 is 25.0 Å². The maximum absolute atomic E-state index is 12.9. The molecule has 0 aromatic heterocycles. The molecule has 0 heterocycles. The van der Waals surface area contributed by atoms with Gasteiger partial charge >= 0.3 is 0 Å². The molecular formula is C27H31N3O4. The molecule has 0 radical (unpaired) electrons. The minimum absolute atomic E-state index is 0.0704. The summed E-state index contributed by atoms with van der Waals surface area (Å²) < 4.78 is 11.0. The fraction of sp³-hybridized carbons (Fsp3) is 0.259. The number of carbonyl (C=O) groups is 2. The highest BCUT2D eigenvalue weighted by atomic mass is 16.5. The monoisotopic (exact) mass is 461 g/mol. The molecule has 178 valence electrons. The first-order valence-corrected chi connectivity index (χ1v) is 11.4. The number of carbonyl (C=O) groups excluding carboxylic acids is 2. The van der Waals surface area contributed by atoms with E-state index < -0.39 is 0 Å². The Bertz CT molecular complexity index is 1050. The van der Waals surface area contributed by atoms with E-state index in [1.54, 1.807) is 41.3 Å². The molecule has 3 aromatic rings. The van der Waals surface area contributed by atoms with Crippen LogP contribution >= 0.6 is 0 Å². The lowest BCUT2D eigenvalue weighted by Crippen LogP contribution is -2.30. The van der Waals surface area contributed by atoms with E-state index in [1.807, 2.05) is 56.3 Å². The Labute approximate surface area is 200 Å². The third kappa shape index (κ3) is 7.08. The summed E-state index contributed by atoms with van der Waals surface area (Å²) in [6.07, 6.45) is 0. The second kappa shape index (κ2) is 13.0. The van der Waals surface area contributed by atoms with Gasteiger partial charge in [-0.15, -0.1) is 0 Å². The van der Waals surface area contributed by atoms with Crippen molar-refractivity contribution in [2.45, 2.75) is 13.8 Å². The van der Waals surface area contributed by atoms with Crippen molar-refractivity contribution < 1.29 is 19.1 Å². The normalized spacial score (nSPS) is 10.4. The number of ether oxygens (including phenoxy) is 2. The van der Waals surface area contributed by atoms with Gasteiger partial charge in [0.2, 0.25) is 5.91 Å². The molecule has 0 aliphatic carbocycles. The summed E-state index contributed by atoms with van der Waals surface area (Å²) >= 11 is 0. The van der Waals surface area contributed by atoms with Crippen molar-refractivity contribution in [3.05, 3.63) is 84.4 Å². The lowest BCUT2D eigenvalue weighted by atomic mass is 10.1. The molecule has 0 aliphatic heterocycles. The van der Waals surface area contributed by atoms with Crippen LogP contribution in [-0.2, 0) is 9.53 Å². The summed E-state index contributed by atoms with van der Waals surface area (Å²) in [4.78, 5) is 27.1. The predicted molar refractivity (Wildman–Crippen MR) is 136 cm³/mol. The first kappa shape index (κ1) is 24.8. The Morgan fingerprint density at radius 2 is 1.56 bits per heavy atom. The quantitative estimate of drug-likeness (QED) is 0.378. The Morgan fingerprint density at radius 3 is 2.26 bits per heavy atom. The summed E-state index contributed by atoms with van der Waals surface area (Å²) in [7, 11) is 0. The van der Waals surface area contributed by atoms with E-state index in [2.05, 4.69) is 10.6 Å². The SMILES string of the molecule is CCOCCOc1ccccc1NC(=O)CNc1ccc(C(=O)N(CC)c2ccccc2)cc1. The third-order valence-corrected chi connectivity index (χ3v) is 5.06. The topological polar surface area (TPSA) is 79.9 Å². The van der Waals surface area contributed by atoms with Gasteiger partial charge in [-0.1, -0.05) is 30.3 Å². The summed E-state index contributed by atoms with van der Waals surface area (Å²) in [6.45, 7) is 6.04. The zero-order valence-electron chi connectivity index (χ0n) is 19.6. The van der Waals surface area contributed by atoms with Gasteiger partial charge in [0.05, 0.1) is 18.8 Å². The van der Waals surface area contributed by atoms with E-state index in [0.717, 1.165) is 11.4 Å². The molecule has 0 saturated carbocycles. The number of hydrogen-bond donors (Lipinski definition) is 2. The number of nitrogens with one attached hydrogen (secondary N) is 2. The van der Waals surface area contributed by atoms with Crippen LogP contribution in [0.1, 0.15) is 24.2 Å². The molecule has 0 aliphatic rings. The fourth-order valence-electron chi connectivity index (χ4n) is 3.37. The molecular weight excluding hydrogens is 430 g/mol. The summed E-state index contributed by atoms with van der Waals surface area (Å²) in [6, 6.07) is 24.0. The molecule has 2 amide bonds. The van der Waals surface area contributed by atoms with Crippen LogP contribution in [0.15, 0.2) is 78.9 Å². The van der Waals surface area contributed by atoms with E-state index >= 15 is 0 Å². The number of amides is 2. The molecule has 34 heavy (non-hydrogen) atoms. The molecule has 0 unspecified atom stereocenters. The second-order valence-electron chi connectivity index (χ2n) is 7.41. The fourth-order valence-corrected chi connectivity index (χ4v) is 3.37. The molecule has 2 N–H and O–H groups in total. The average molecular weight is 462 g/mol. The average Bonchev–Trinajstić information content (AvgIpc) is 2.87. The van der Waals surface area contributed by atoms with Crippen molar-refractivity contribution in [2.24, 2.45) is 0 Å². The van der Waals surface area contributed by atoms with Crippen LogP contribution in [0.25, 0.3) is 0 Å². The summed E-state index contributed by atoms with van der Waals surface area (Å²) in [5.74, 6) is 0.318. The van der Waals surface area contributed by atoms with Gasteiger partial charge in [-0.2, -0.15) is 0 Å². The molecule has 0 spiro atoms. The van der Waals surface area contributed by atoms with Gasteiger partial charge in [0, 0.05) is 30.1 Å². The van der Waals surface area contributed by atoms with Crippen LogP contribution in [-0.4, -0.2) is 44.7 Å². The molecule has 7 nitrogen and oxygen atoms in total. The largest absolute Gasteiger partial charge is 0.489 e. The maximum atomic E-state index is 12.9. The highest BCUT2D eigenvalue weighted by Gasteiger charge is 2.16. The number of rotatable bonds is 12. The Morgan fingerprint density at radius 1 is 0.853 bits per heavy atom. The molecule has 0 fully saturated rings. The van der Waals surface area contributed by atoms with Crippen molar-refractivity contribution in [2.75, 3.05) is 48.4 Å². The number of nitrogens with zero attached hydrogens (tertiary/aromatic N) is 1. The van der Waals surface area contributed by atoms with Gasteiger partial charge in [0.25, 0.3) is 5.91 Å². The molecule has 0 bridgehead atoms. The van der Waals surface area contributed by atoms with Gasteiger partial charge in [-0.25, -0.2) is 0 Å². The Kier molecular flexibility index (Phi) is 9.49. The molecule has 3 rings (SSSR count). The highest BCUT2D eigenvalue weighted by Crippen LogP contribution is 2.23. The zero-order chi connectivity index (χ0) is 24.2. The first-order valence-electron chi connectivity index (χ1n) is 11.4. The van der Waals surface area contributed by atoms with E-state index in [4.69, 9.17) is 9.47 Å². The van der Waals surface area contributed by atoms with Gasteiger partial charge in [-0.05, 0) is 62.4 Å². The van der Waals surface area contributed by atoms with Crippen molar-refractivity contribution in [1.29, 1.82) is 0 Å². The minimum atomic E-state index is -0.206. The van der Waals surface area contributed by atoms with Crippen molar-refractivity contribution in [3.8, 4) is 5.75 Å². The van der Waals surface area contributed by atoms with E-state index in [9.17, 15) is 9.59 Å². The number of anilines is 3. The maximum Gasteiger partial charge on any atom is 0.258 e. The van der Waals surface area contributed by atoms with E-state index in [1.165, 1.54) is 0 Å². The van der Waals surface area contributed by atoms with Gasteiger partial charge in [0.15, 0.2) is 0 Å². The minimum Gasteiger partial charge on any atom is -0.489 e. The van der Waals surface area contributed by atoms with E-state index in [-0.39, 0.29) is 18.4 Å². The summed E-state index contributed by atoms with van der Waals surface area (Å²) in [5, 5.41) is 5.95. The van der Waals surface area contributed by atoms with Crippen LogP contribution in [0.4, 0.5) is 17.1 Å². The van der Waals surface area contributed by atoms with Crippen molar-refractivity contribution in [3.63, 3.8) is 0 Å². The predicted octanol–water partition coefficient (Wildman–Crippen LogP) is 4.82. The Balaban J connectivity index is 1.53. The molecule has 3 aromatic carbocycles. The smallest absolute Gasteiger partial charge is 0.258 e. The number of para-hydroxylation sites is 3. The molecule has 0 atom stereocenters. The number of benzene rings is 3. The first-order chi connectivity index (χ1) is 16.6. The lowest BCUT2D eigenvalue weighted by molar-refractivity contribution is -0.114. The summed E-state index contributed by atoms with van der Waals surface area (Å²) in [5.41, 5.74) is 2.79. The second-order valence-corrected chi connectivity index (χ2v) is 7.41. The molecule has 7 heteroatoms. The van der Waals surface area contributed by atoms with Gasteiger partial charge in [0.1, 0.15) is 12.4 Å². The molecule has 0 saturated heterocycles. The Hall–Kier alpha value is -3.84. The third-order valence-electron chi connectivity index (χ3n) is 5.06. The zero-order valence-corrected chi connectivity index (χ0v) is 19.6. The van der Waals surface area contributed by atoms with Crippen LogP contribution in [0, 0.1) is 0 Å².